The summed E-state index contributed by atoms with van der Waals surface area (Å²) in [6.45, 7) is 21.2. The molecule has 0 aromatic rings. The summed E-state index contributed by atoms with van der Waals surface area (Å²) >= 11 is 0. The molecule has 0 N–H and O–H groups in total. The van der Waals surface area contributed by atoms with E-state index < -0.39 is 0 Å². The molecular weight excluding hydrogens is 196 g/mol. The Labute approximate surface area is 102 Å². The summed E-state index contributed by atoms with van der Waals surface area (Å²) in [4.78, 5) is 5.25. The van der Waals surface area contributed by atoms with Crippen molar-refractivity contribution in [2.45, 2.75) is 59.5 Å². The molecule has 0 aromatic heterocycles. The second-order valence-corrected chi connectivity index (χ2v) is 6.95. The van der Waals surface area contributed by atoms with Crippen LogP contribution in [0.2, 0.25) is 0 Å². The second kappa shape index (κ2) is 4.66. The van der Waals surface area contributed by atoms with E-state index in [1.165, 1.54) is 26.2 Å². The van der Waals surface area contributed by atoms with E-state index in [-0.39, 0.29) is 0 Å². The average Bonchev–Trinajstić information content (AvgIpc) is 2.16. The Balaban J connectivity index is 2.56. The van der Waals surface area contributed by atoms with Crippen molar-refractivity contribution < 1.29 is 0 Å². The second-order valence-electron chi connectivity index (χ2n) is 6.95. The van der Waals surface area contributed by atoms with Crippen LogP contribution >= 0.6 is 0 Å². The van der Waals surface area contributed by atoms with Crippen LogP contribution in [0.3, 0.4) is 0 Å². The van der Waals surface area contributed by atoms with Crippen molar-refractivity contribution in [2.24, 2.45) is 5.92 Å². The van der Waals surface area contributed by atoms with Gasteiger partial charge in [0.15, 0.2) is 0 Å². The topological polar surface area (TPSA) is 6.48 Å². The number of nitrogens with zero attached hydrogens (tertiary/aromatic N) is 2. The van der Waals surface area contributed by atoms with Crippen LogP contribution in [-0.2, 0) is 0 Å². The molecular formula is C14H30N2. The van der Waals surface area contributed by atoms with Gasteiger partial charge in [0.2, 0.25) is 0 Å². The van der Waals surface area contributed by atoms with Gasteiger partial charge in [0.25, 0.3) is 0 Å². The molecule has 0 amide bonds. The highest BCUT2D eigenvalue weighted by Gasteiger charge is 2.34. The Bertz CT molecular complexity index is 217. The molecule has 1 aliphatic heterocycles. The molecule has 1 heterocycles. The lowest BCUT2D eigenvalue weighted by Crippen LogP contribution is -2.59. The molecule has 16 heavy (non-hydrogen) atoms. The maximum absolute atomic E-state index is 2.65. The zero-order valence-corrected chi connectivity index (χ0v) is 12.3. The molecule has 0 atom stereocenters. The van der Waals surface area contributed by atoms with Crippen molar-refractivity contribution in [3.8, 4) is 0 Å². The molecule has 0 spiro atoms. The van der Waals surface area contributed by atoms with E-state index in [4.69, 9.17) is 0 Å². The van der Waals surface area contributed by atoms with E-state index in [1.54, 1.807) is 0 Å². The minimum Gasteiger partial charge on any atom is -0.296 e. The molecule has 0 aliphatic carbocycles. The van der Waals surface area contributed by atoms with Crippen molar-refractivity contribution in [2.75, 3.05) is 26.2 Å². The van der Waals surface area contributed by atoms with Crippen LogP contribution < -0.4 is 0 Å². The first-order valence-corrected chi connectivity index (χ1v) is 6.66. The highest BCUT2D eigenvalue weighted by atomic mass is 15.3. The van der Waals surface area contributed by atoms with Crippen LogP contribution in [0, 0.1) is 5.92 Å². The number of rotatable bonds is 2. The van der Waals surface area contributed by atoms with Crippen molar-refractivity contribution in [3.63, 3.8) is 0 Å². The van der Waals surface area contributed by atoms with Gasteiger partial charge in [-0.15, -0.1) is 0 Å². The number of piperazine rings is 1. The van der Waals surface area contributed by atoms with E-state index in [0.29, 0.717) is 17.0 Å². The van der Waals surface area contributed by atoms with Crippen LogP contribution in [0.5, 0.6) is 0 Å². The van der Waals surface area contributed by atoms with Crippen molar-refractivity contribution in [1.29, 1.82) is 0 Å². The predicted octanol–water partition coefficient (Wildman–Crippen LogP) is 2.84. The van der Waals surface area contributed by atoms with Gasteiger partial charge < -0.3 is 0 Å². The molecule has 1 fully saturated rings. The largest absolute Gasteiger partial charge is 0.296 e. The molecule has 1 rings (SSSR count). The zero-order chi connectivity index (χ0) is 12.6. The summed E-state index contributed by atoms with van der Waals surface area (Å²) in [7, 11) is 0. The van der Waals surface area contributed by atoms with Crippen LogP contribution in [-0.4, -0.2) is 47.1 Å². The van der Waals surface area contributed by atoms with E-state index in [9.17, 15) is 0 Å². The van der Waals surface area contributed by atoms with Gasteiger partial charge in [0, 0.05) is 37.3 Å². The molecule has 0 unspecified atom stereocenters. The average molecular weight is 226 g/mol. The fourth-order valence-electron chi connectivity index (χ4n) is 2.32. The third-order valence-corrected chi connectivity index (χ3v) is 4.46. The summed E-state index contributed by atoms with van der Waals surface area (Å²) in [5.41, 5.74) is 0.665. The van der Waals surface area contributed by atoms with E-state index in [0.717, 1.165) is 0 Å². The lowest BCUT2D eigenvalue weighted by Gasteiger charge is -2.49. The van der Waals surface area contributed by atoms with Crippen LogP contribution in [0.15, 0.2) is 0 Å². The minimum atomic E-state index is 0.327. The standard InChI is InChI=1S/C14H30N2/c1-12(2)14(6,7)16-10-8-15(9-11-16)13(3,4)5/h12H,8-11H2,1-7H3. The van der Waals surface area contributed by atoms with Gasteiger partial charge in [0.1, 0.15) is 0 Å². The Hall–Kier alpha value is -0.0800. The summed E-state index contributed by atoms with van der Waals surface area (Å²) in [5, 5.41) is 0. The van der Waals surface area contributed by atoms with Gasteiger partial charge >= 0.3 is 0 Å². The molecule has 2 heteroatoms. The molecule has 0 bridgehead atoms. The zero-order valence-electron chi connectivity index (χ0n) is 12.3. The lowest BCUT2D eigenvalue weighted by molar-refractivity contribution is -0.00323. The molecule has 2 nitrogen and oxygen atoms in total. The molecule has 0 radical (unpaired) electrons. The first-order chi connectivity index (χ1) is 7.15. The van der Waals surface area contributed by atoms with Crippen molar-refractivity contribution >= 4 is 0 Å². The predicted molar refractivity (Wildman–Crippen MR) is 71.8 cm³/mol. The Morgan fingerprint density at radius 1 is 0.750 bits per heavy atom. The van der Waals surface area contributed by atoms with Crippen molar-refractivity contribution in [3.05, 3.63) is 0 Å². The lowest BCUT2D eigenvalue weighted by atomic mass is 9.88. The van der Waals surface area contributed by atoms with Gasteiger partial charge in [-0.05, 0) is 40.5 Å². The molecule has 96 valence electrons. The molecule has 1 saturated heterocycles. The summed E-state index contributed by atoms with van der Waals surface area (Å²) in [5.74, 6) is 0.716. The van der Waals surface area contributed by atoms with Crippen LogP contribution in [0.1, 0.15) is 48.5 Å². The smallest absolute Gasteiger partial charge is 0.0177 e. The SMILES string of the molecule is CC(C)C(C)(C)N1CCN(C(C)(C)C)CC1. The number of hydrogen-bond acceptors (Lipinski definition) is 2. The first kappa shape index (κ1) is 14.0. The molecule has 1 aliphatic rings. The van der Waals surface area contributed by atoms with E-state index >= 15 is 0 Å². The van der Waals surface area contributed by atoms with Gasteiger partial charge in [-0.25, -0.2) is 0 Å². The normalized spacial score (nSPS) is 21.8. The number of hydrogen-bond donors (Lipinski definition) is 0. The monoisotopic (exact) mass is 226 g/mol. The third kappa shape index (κ3) is 2.98. The quantitative estimate of drug-likeness (QED) is 0.714. The fourth-order valence-corrected chi connectivity index (χ4v) is 2.32. The van der Waals surface area contributed by atoms with E-state index in [2.05, 4.69) is 58.3 Å². The van der Waals surface area contributed by atoms with Crippen LogP contribution in [0.25, 0.3) is 0 Å². The maximum atomic E-state index is 2.65. The first-order valence-electron chi connectivity index (χ1n) is 6.66. The van der Waals surface area contributed by atoms with Gasteiger partial charge in [-0.2, -0.15) is 0 Å². The van der Waals surface area contributed by atoms with Crippen LogP contribution in [0.4, 0.5) is 0 Å². The van der Waals surface area contributed by atoms with Gasteiger partial charge in [-0.3, -0.25) is 9.80 Å². The minimum absolute atomic E-state index is 0.327. The Morgan fingerprint density at radius 2 is 1.12 bits per heavy atom. The third-order valence-electron chi connectivity index (χ3n) is 4.46. The summed E-state index contributed by atoms with van der Waals surface area (Å²) in [6, 6.07) is 0. The van der Waals surface area contributed by atoms with Crippen molar-refractivity contribution in [1.82, 2.24) is 9.80 Å². The molecule has 0 aromatic carbocycles. The van der Waals surface area contributed by atoms with Gasteiger partial charge in [0.05, 0.1) is 0 Å². The highest BCUT2D eigenvalue weighted by Crippen LogP contribution is 2.26. The van der Waals surface area contributed by atoms with Gasteiger partial charge in [-0.1, -0.05) is 13.8 Å². The fraction of sp³-hybridized carbons (Fsp3) is 1.00. The molecule has 0 saturated carbocycles. The highest BCUT2D eigenvalue weighted by molar-refractivity contribution is 4.90. The Morgan fingerprint density at radius 3 is 1.44 bits per heavy atom. The summed E-state index contributed by atoms with van der Waals surface area (Å²) < 4.78 is 0. The summed E-state index contributed by atoms with van der Waals surface area (Å²) in [6.07, 6.45) is 0. The maximum Gasteiger partial charge on any atom is 0.0177 e. The Kier molecular flexibility index (Phi) is 4.07. The van der Waals surface area contributed by atoms with E-state index in [1.807, 2.05) is 0 Å².